The molecule has 1 fully saturated rings. The number of nitrogens with one attached hydrogen (secondary N) is 1. The largest absolute Gasteiger partial charge is 0.367 e. The van der Waals surface area contributed by atoms with Gasteiger partial charge in [0.2, 0.25) is 0 Å². The quantitative estimate of drug-likeness (QED) is 0.510. The van der Waals surface area contributed by atoms with Gasteiger partial charge in [-0.05, 0) is 19.8 Å². The van der Waals surface area contributed by atoms with Gasteiger partial charge in [0, 0.05) is 30.9 Å². The molecule has 106 valence electrons. The van der Waals surface area contributed by atoms with Crippen molar-refractivity contribution in [1.82, 2.24) is 9.88 Å². The summed E-state index contributed by atoms with van der Waals surface area (Å²) in [5, 5.41) is 22.8. The summed E-state index contributed by atoms with van der Waals surface area (Å²) in [7, 11) is 0. The van der Waals surface area contributed by atoms with E-state index < -0.39 is 4.92 Å². The lowest BCUT2D eigenvalue weighted by Crippen LogP contribution is -2.39. The van der Waals surface area contributed by atoms with Gasteiger partial charge in [0.1, 0.15) is 5.82 Å². The highest BCUT2D eigenvalue weighted by Gasteiger charge is 2.20. The van der Waals surface area contributed by atoms with Crippen LogP contribution in [-0.2, 0) is 0 Å². The van der Waals surface area contributed by atoms with Gasteiger partial charge in [-0.25, -0.2) is 4.98 Å². The van der Waals surface area contributed by atoms with E-state index in [1.54, 1.807) is 6.92 Å². The van der Waals surface area contributed by atoms with E-state index in [-0.39, 0.29) is 11.7 Å². The number of hydrogen-bond acceptors (Lipinski definition) is 6. The molecule has 0 unspecified atom stereocenters. The molecule has 0 aromatic carbocycles. The molecule has 0 radical (unpaired) electrons. The Kier molecular flexibility index (Phi) is 4.48. The minimum atomic E-state index is -0.391. The van der Waals surface area contributed by atoms with Gasteiger partial charge >= 0.3 is 0 Å². The van der Waals surface area contributed by atoms with Crippen LogP contribution >= 0.6 is 0 Å². The SMILES string of the molecule is Cc1cnc(NC2CCN(CC#N)CC2)cc1[N+](=O)[O-]. The number of aryl methyl sites for hydroxylation is 1. The fourth-order valence-electron chi connectivity index (χ4n) is 2.33. The molecule has 1 aliphatic rings. The summed E-state index contributed by atoms with van der Waals surface area (Å²) >= 11 is 0. The van der Waals surface area contributed by atoms with Crippen molar-refractivity contribution in [2.24, 2.45) is 0 Å². The molecular formula is C13H17N5O2. The molecule has 7 nitrogen and oxygen atoms in total. The van der Waals surface area contributed by atoms with Crippen molar-refractivity contribution >= 4 is 11.5 Å². The zero-order chi connectivity index (χ0) is 14.5. The highest BCUT2D eigenvalue weighted by Crippen LogP contribution is 2.22. The average molecular weight is 275 g/mol. The van der Waals surface area contributed by atoms with E-state index in [2.05, 4.69) is 21.3 Å². The van der Waals surface area contributed by atoms with Crippen LogP contribution in [0.15, 0.2) is 12.3 Å². The fourth-order valence-corrected chi connectivity index (χ4v) is 2.33. The Hall–Kier alpha value is -2.20. The Morgan fingerprint density at radius 2 is 2.30 bits per heavy atom. The van der Waals surface area contributed by atoms with Crippen LogP contribution in [0.1, 0.15) is 18.4 Å². The zero-order valence-corrected chi connectivity index (χ0v) is 11.4. The third kappa shape index (κ3) is 3.42. The molecule has 1 aromatic heterocycles. The number of nitriles is 1. The van der Waals surface area contributed by atoms with Crippen LogP contribution in [0.4, 0.5) is 11.5 Å². The van der Waals surface area contributed by atoms with Gasteiger partial charge in [0.25, 0.3) is 5.69 Å². The van der Waals surface area contributed by atoms with Crippen molar-refractivity contribution in [3.63, 3.8) is 0 Å². The lowest BCUT2D eigenvalue weighted by Gasteiger charge is -2.30. The number of aromatic nitrogens is 1. The van der Waals surface area contributed by atoms with E-state index in [9.17, 15) is 10.1 Å². The molecule has 2 rings (SSSR count). The van der Waals surface area contributed by atoms with E-state index in [0.717, 1.165) is 25.9 Å². The molecule has 1 N–H and O–H groups in total. The molecular weight excluding hydrogens is 258 g/mol. The van der Waals surface area contributed by atoms with Gasteiger partial charge in [-0.15, -0.1) is 0 Å². The average Bonchev–Trinajstić information content (AvgIpc) is 2.43. The number of nitro groups is 1. The monoisotopic (exact) mass is 275 g/mol. The van der Waals surface area contributed by atoms with Crippen molar-refractivity contribution in [1.29, 1.82) is 5.26 Å². The first-order valence-electron chi connectivity index (χ1n) is 6.57. The highest BCUT2D eigenvalue weighted by atomic mass is 16.6. The molecule has 20 heavy (non-hydrogen) atoms. The first kappa shape index (κ1) is 14.2. The predicted octanol–water partition coefficient (Wildman–Crippen LogP) is 1.70. The maximum Gasteiger partial charge on any atom is 0.277 e. The van der Waals surface area contributed by atoms with Gasteiger partial charge in [-0.2, -0.15) is 5.26 Å². The second-order valence-corrected chi connectivity index (χ2v) is 4.97. The second-order valence-electron chi connectivity index (χ2n) is 4.97. The molecule has 2 heterocycles. The summed E-state index contributed by atoms with van der Waals surface area (Å²) in [6, 6.07) is 3.88. The molecule has 7 heteroatoms. The van der Waals surface area contributed by atoms with E-state index >= 15 is 0 Å². The van der Waals surface area contributed by atoms with Crippen LogP contribution in [0.25, 0.3) is 0 Å². The van der Waals surface area contributed by atoms with Crippen molar-refractivity contribution in [2.75, 3.05) is 25.0 Å². The Bertz CT molecular complexity index is 532. The first-order valence-corrected chi connectivity index (χ1v) is 6.57. The van der Waals surface area contributed by atoms with Crippen molar-refractivity contribution in [3.05, 3.63) is 27.9 Å². The van der Waals surface area contributed by atoms with Gasteiger partial charge < -0.3 is 5.32 Å². The van der Waals surface area contributed by atoms with Crippen molar-refractivity contribution < 1.29 is 4.92 Å². The minimum absolute atomic E-state index is 0.0874. The summed E-state index contributed by atoms with van der Waals surface area (Å²) in [6.45, 7) is 3.86. The Morgan fingerprint density at radius 1 is 1.60 bits per heavy atom. The molecule has 1 aliphatic heterocycles. The van der Waals surface area contributed by atoms with E-state index in [4.69, 9.17) is 5.26 Å². The van der Waals surface area contributed by atoms with E-state index in [1.807, 2.05) is 0 Å². The van der Waals surface area contributed by atoms with Gasteiger partial charge in [-0.3, -0.25) is 15.0 Å². The molecule has 0 aliphatic carbocycles. The molecule has 1 aromatic rings. The number of pyridine rings is 1. The molecule has 0 amide bonds. The van der Waals surface area contributed by atoms with Crippen molar-refractivity contribution in [3.8, 4) is 6.07 Å². The van der Waals surface area contributed by atoms with Gasteiger partial charge in [-0.1, -0.05) is 0 Å². The number of nitrogens with zero attached hydrogens (tertiary/aromatic N) is 4. The zero-order valence-electron chi connectivity index (χ0n) is 11.4. The highest BCUT2D eigenvalue weighted by molar-refractivity contribution is 5.49. The molecule has 0 atom stereocenters. The van der Waals surface area contributed by atoms with Crippen LogP contribution in [0, 0.1) is 28.4 Å². The second kappa shape index (κ2) is 6.30. The van der Waals surface area contributed by atoms with Crippen LogP contribution in [0.5, 0.6) is 0 Å². The fraction of sp³-hybridized carbons (Fsp3) is 0.538. The molecule has 0 spiro atoms. The number of anilines is 1. The maximum absolute atomic E-state index is 10.9. The Labute approximate surface area is 117 Å². The van der Waals surface area contributed by atoms with Gasteiger partial charge in [0.05, 0.1) is 23.6 Å². The third-order valence-electron chi connectivity index (χ3n) is 3.51. The number of hydrogen-bond donors (Lipinski definition) is 1. The predicted molar refractivity (Wildman–Crippen MR) is 74.3 cm³/mol. The molecule has 0 bridgehead atoms. The number of rotatable bonds is 4. The summed E-state index contributed by atoms with van der Waals surface area (Å²) in [4.78, 5) is 16.8. The van der Waals surface area contributed by atoms with Crippen LogP contribution in [0.2, 0.25) is 0 Å². The van der Waals surface area contributed by atoms with E-state index in [0.29, 0.717) is 17.9 Å². The summed E-state index contributed by atoms with van der Waals surface area (Å²) < 4.78 is 0. The van der Waals surface area contributed by atoms with Crippen LogP contribution < -0.4 is 5.32 Å². The third-order valence-corrected chi connectivity index (χ3v) is 3.51. The topological polar surface area (TPSA) is 95.1 Å². The summed E-state index contributed by atoms with van der Waals surface area (Å²) in [6.07, 6.45) is 3.33. The van der Waals surface area contributed by atoms with Crippen molar-refractivity contribution in [2.45, 2.75) is 25.8 Å². The Morgan fingerprint density at radius 3 is 2.90 bits per heavy atom. The van der Waals surface area contributed by atoms with Crippen LogP contribution in [-0.4, -0.2) is 40.5 Å². The smallest absolute Gasteiger partial charge is 0.277 e. The lowest BCUT2D eigenvalue weighted by molar-refractivity contribution is -0.385. The lowest BCUT2D eigenvalue weighted by atomic mass is 10.1. The first-order chi connectivity index (χ1) is 9.60. The minimum Gasteiger partial charge on any atom is -0.367 e. The normalized spacial score (nSPS) is 16.6. The van der Waals surface area contributed by atoms with Gasteiger partial charge in [0.15, 0.2) is 0 Å². The molecule has 0 saturated carbocycles. The number of likely N-dealkylation sites (tertiary alicyclic amines) is 1. The molecule has 1 saturated heterocycles. The standard InChI is InChI=1S/C13H17N5O2/c1-10-9-15-13(8-12(10)18(19)20)16-11-2-5-17(6-3-11)7-4-14/h8-9,11H,2-3,5-7H2,1H3,(H,15,16). The summed E-state index contributed by atoms with van der Waals surface area (Å²) in [5.74, 6) is 0.543. The van der Waals surface area contributed by atoms with Crippen LogP contribution in [0.3, 0.4) is 0 Å². The maximum atomic E-state index is 10.9. The number of piperidine rings is 1. The summed E-state index contributed by atoms with van der Waals surface area (Å²) in [5.41, 5.74) is 0.647. The van der Waals surface area contributed by atoms with E-state index in [1.165, 1.54) is 12.3 Å². The Balaban J connectivity index is 1.96.